The molecule has 0 spiro atoms. The van der Waals surface area contributed by atoms with Gasteiger partial charge in [0.15, 0.2) is 6.29 Å². The van der Waals surface area contributed by atoms with Crippen LogP contribution >= 0.6 is 11.6 Å². The zero-order valence-corrected chi connectivity index (χ0v) is 15.6. The number of carbonyl (C=O) groups excluding carboxylic acids is 1. The first-order valence-electron chi connectivity index (χ1n) is 8.05. The van der Waals surface area contributed by atoms with Crippen LogP contribution in [0.15, 0.2) is 23.1 Å². The van der Waals surface area contributed by atoms with Gasteiger partial charge in [-0.3, -0.25) is 0 Å². The summed E-state index contributed by atoms with van der Waals surface area (Å²) in [6.07, 6.45) is 3.28. The first kappa shape index (κ1) is 20.1. The van der Waals surface area contributed by atoms with Gasteiger partial charge in [-0.2, -0.15) is 0 Å². The molecule has 1 aliphatic heterocycles. The Hall–Kier alpha value is -1.19. The summed E-state index contributed by atoms with van der Waals surface area (Å²) in [5.41, 5.74) is 0.116. The van der Waals surface area contributed by atoms with Crippen molar-refractivity contribution < 1.29 is 27.4 Å². The molecular weight excluding hydrogens is 370 g/mol. The lowest BCUT2D eigenvalue weighted by Gasteiger charge is -2.22. The Morgan fingerprint density at radius 2 is 2.20 bits per heavy atom. The monoisotopic (exact) mass is 391 g/mol. The van der Waals surface area contributed by atoms with Crippen LogP contribution < -0.4 is 4.72 Å². The Kier molecular flexibility index (Phi) is 7.64. The number of rotatable bonds is 8. The smallest absolute Gasteiger partial charge is 0.337 e. The van der Waals surface area contributed by atoms with Gasteiger partial charge in [0.2, 0.25) is 10.0 Å². The normalized spacial score (nSPS) is 18.1. The second-order valence-electron chi connectivity index (χ2n) is 5.56. The molecule has 2 rings (SSSR count). The van der Waals surface area contributed by atoms with E-state index in [9.17, 15) is 13.2 Å². The molecule has 140 valence electrons. The summed E-state index contributed by atoms with van der Waals surface area (Å²) in [5.74, 6) is -0.631. The number of hydrogen-bond donors (Lipinski definition) is 1. The Balaban J connectivity index is 1.87. The first-order valence-corrected chi connectivity index (χ1v) is 9.91. The van der Waals surface area contributed by atoms with E-state index in [0.29, 0.717) is 19.6 Å². The molecule has 1 N–H and O–H groups in total. The van der Waals surface area contributed by atoms with E-state index < -0.39 is 16.0 Å². The van der Waals surface area contributed by atoms with Gasteiger partial charge in [-0.1, -0.05) is 11.6 Å². The maximum absolute atomic E-state index is 12.4. The van der Waals surface area contributed by atoms with Crippen LogP contribution in [0.1, 0.15) is 36.0 Å². The third-order valence-electron chi connectivity index (χ3n) is 3.70. The highest BCUT2D eigenvalue weighted by molar-refractivity contribution is 7.89. The SMILES string of the molecule is COC(=O)c1ccc(Cl)c(S(=O)(=O)NCCCO[C@H]2CCCCO2)c1. The number of benzene rings is 1. The lowest BCUT2D eigenvalue weighted by atomic mass is 10.2. The van der Waals surface area contributed by atoms with E-state index >= 15 is 0 Å². The van der Waals surface area contributed by atoms with Gasteiger partial charge in [-0.05, 0) is 43.9 Å². The molecule has 1 aromatic carbocycles. The van der Waals surface area contributed by atoms with Crippen LogP contribution in [0.2, 0.25) is 5.02 Å². The van der Waals surface area contributed by atoms with E-state index in [2.05, 4.69) is 9.46 Å². The lowest BCUT2D eigenvalue weighted by Crippen LogP contribution is -2.27. The zero-order chi connectivity index (χ0) is 18.3. The molecule has 1 aromatic rings. The Morgan fingerprint density at radius 3 is 2.88 bits per heavy atom. The number of methoxy groups -OCH3 is 1. The Bertz CT molecular complexity index is 688. The molecule has 0 radical (unpaired) electrons. The number of hydrogen-bond acceptors (Lipinski definition) is 6. The van der Waals surface area contributed by atoms with Crippen LogP contribution in [-0.2, 0) is 24.2 Å². The molecule has 1 fully saturated rings. The standard InChI is InChI=1S/C16H22ClNO6S/c1-22-16(19)12-6-7-13(17)14(11-12)25(20,21)18-8-4-10-24-15-5-2-3-9-23-15/h6-7,11,15,18H,2-5,8-10H2,1H3/t15-/m0/s1. The van der Waals surface area contributed by atoms with Crippen LogP contribution in [0.3, 0.4) is 0 Å². The van der Waals surface area contributed by atoms with Crippen LogP contribution in [0.5, 0.6) is 0 Å². The molecule has 0 amide bonds. The fraction of sp³-hybridized carbons (Fsp3) is 0.562. The highest BCUT2D eigenvalue weighted by atomic mass is 35.5. The maximum atomic E-state index is 12.4. The number of carbonyl (C=O) groups is 1. The Morgan fingerprint density at radius 1 is 1.40 bits per heavy atom. The van der Waals surface area contributed by atoms with Gasteiger partial charge in [0, 0.05) is 13.2 Å². The minimum Gasteiger partial charge on any atom is -0.465 e. The van der Waals surface area contributed by atoms with Crippen molar-refractivity contribution in [2.75, 3.05) is 26.9 Å². The number of esters is 1. The van der Waals surface area contributed by atoms with E-state index in [1.165, 1.54) is 25.3 Å². The molecule has 9 heteroatoms. The van der Waals surface area contributed by atoms with Gasteiger partial charge >= 0.3 is 5.97 Å². The van der Waals surface area contributed by atoms with Crippen molar-refractivity contribution in [3.63, 3.8) is 0 Å². The summed E-state index contributed by atoms with van der Waals surface area (Å²) >= 11 is 5.96. The highest BCUT2D eigenvalue weighted by Gasteiger charge is 2.20. The average Bonchev–Trinajstić information content (AvgIpc) is 2.61. The quantitative estimate of drug-likeness (QED) is 0.540. The van der Waals surface area contributed by atoms with Crippen molar-refractivity contribution in [3.8, 4) is 0 Å². The van der Waals surface area contributed by atoms with Gasteiger partial charge in [0.05, 0.1) is 24.3 Å². The minimum atomic E-state index is -3.84. The third kappa shape index (κ3) is 5.93. The molecule has 7 nitrogen and oxygen atoms in total. The van der Waals surface area contributed by atoms with Crippen molar-refractivity contribution >= 4 is 27.6 Å². The zero-order valence-electron chi connectivity index (χ0n) is 14.0. The summed E-state index contributed by atoms with van der Waals surface area (Å²) in [5, 5.41) is 0.0343. The number of halogens is 1. The first-order chi connectivity index (χ1) is 11.9. The average molecular weight is 392 g/mol. The van der Waals surface area contributed by atoms with E-state index in [1.807, 2.05) is 0 Å². The molecule has 1 atom stereocenters. The summed E-state index contributed by atoms with van der Waals surface area (Å²) in [7, 11) is -2.62. The molecule has 0 aromatic heterocycles. The molecule has 0 bridgehead atoms. The predicted octanol–water partition coefficient (Wildman–Crippen LogP) is 2.34. The second-order valence-corrected chi connectivity index (χ2v) is 7.70. The minimum absolute atomic E-state index is 0.0343. The third-order valence-corrected chi connectivity index (χ3v) is 5.64. The fourth-order valence-corrected chi connectivity index (χ4v) is 3.97. The van der Waals surface area contributed by atoms with Crippen molar-refractivity contribution in [2.45, 2.75) is 36.9 Å². The predicted molar refractivity (Wildman–Crippen MR) is 92.1 cm³/mol. The lowest BCUT2D eigenvalue weighted by molar-refractivity contribution is -0.162. The topological polar surface area (TPSA) is 90.9 Å². The Labute approximate surface area is 152 Å². The summed E-state index contributed by atoms with van der Waals surface area (Å²) in [6.45, 7) is 1.28. The number of ether oxygens (including phenoxy) is 3. The van der Waals surface area contributed by atoms with E-state index in [1.54, 1.807) is 0 Å². The molecule has 1 heterocycles. The van der Waals surface area contributed by atoms with Crippen LogP contribution in [0.25, 0.3) is 0 Å². The van der Waals surface area contributed by atoms with Crippen LogP contribution in [0.4, 0.5) is 0 Å². The van der Waals surface area contributed by atoms with Gasteiger partial charge in [0.1, 0.15) is 4.90 Å². The van der Waals surface area contributed by atoms with E-state index in [4.69, 9.17) is 21.1 Å². The van der Waals surface area contributed by atoms with Gasteiger partial charge < -0.3 is 14.2 Å². The van der Waals surface area contributed by atoms with Crippen molar-refractivity contribution in [3.05, 3.63) is 28.8 Å². The van der Waals surface area contributed by atoms with Gasteiger partial charge in [-0.25, -0.2) is 17.9 Å². The summed E-state index contributed by atoms with van der Waals surface area (Å²) in [6, 6.07) is 3.96. The van der Waals surface area contributed by atoms with E-state index in [-0.39, 0.29) is 28.3 Å². The molecule has 1 saturated heterocycles. The van der Waals surface area contributed by atoms with Crippen molar-refractivity contribution in [1.29, 1.82) is 0 Å². The number of nitrogens with one attached hydrogen (secondary N) is 1. The summed E-state index contributed by atoms with van der Waals surface area (Å²) < 4.78 is 42.8. The fourth-order valence-electron chi connectivity index (χ4n) is 2.37. The number of sulfonamides is 1. The van der Waals surface area contributed by atoms with Crippen LogP contribution in [-0.4, -0.2) is 47.5 Å². The van der Waals surface area contributed by atoms with E-state index in [0.717, 1.165) is 19.3 Å². The van der Waals surface area contributed by atoms with Gasteiger partial charge in [0.25, 0.3) is 0 Å². The van der Waals surface area contributed by atoms with Gasteiger partial charge in [-0.15, -0.1) is 0 Å². The molecule has 1 aliphatic rings. The molecule has 0 aliphatic carbocycles. The van der Waals surface area contributed by atoms with Crippen LogP contribution in [0, 0.1) is 0 Å². The maximum Gasteiger partial charge on any atom is 0.337 e. The molecule has 25 heavy (non-hydrogen) atoms. The summed E-state index contributed by atoms with van der Waals surface area (Å²) in [4.78, 5) is 11.4. The molecule has 0 unspecified atom stereocenters. The second kappa shape index (κ2) is 9.49. The van der Waals surface area contributed by atoms with Crippen molar-refractivity contribution in [2.24, 2.45) is 0 Å². The molecule has 0 saturated carbocycles. The largest absolute Gasteiger partial charge is 0.465 e. The van der Waals surface area contributed by atoms with Crippen molar-refractivity contribution in [1.82, 2.24) is 4.72 Å². The highest BCUT2D eigenvalue weighted by Crippen LogP contribution is 2.23. The molecular formula is C16H22ClNO6S.